The van der Waals surface area contributed by atoms with Crippen LogP contribution < -0.4 is 19.3 Å². The number of nitrogens with zero attached hydrogens (tertiary/aromatic N) is 4. The lowest BCUT2D eigenvalue weighted by Crippen LogP contribution is -2.58. The van der Waals surface area contributed by atoms with E-state index in [-0.39, 0.29) is 44.1 Å². The van der Waals surface area contributed by atoms with Crippen molar-refractivity contribution in [3.63, 3.8) is 0 Å². The van der Waals surface area contributed by atoms with Gasteiger partial charge < -0.3 is 29.5 Å². The van der Waals surface area contributed by atoms with Crippen molar-refractivity contribution in [2.24, 2.45) is 0 Å². The van der Waals surface area contributed by atoms with Crippen molar-refractivity contribution < 1.29 is 28.9 Å². The van der Waals surface area contributed by atoms with E-state index in [9.17, 15) is 20.3 Å². The zero-order chi connectivity index (χ0) is 28.4. The molecule has 9 nitrogen and oxygen atoms in total. The average Bonchev–Trinajstić information content (AvgIpc) is 2.96. The largest absolute Gasteiger partial charge is 0.497 e. The lowest BCUT2D eigenvalue weighted by molar-refractivity contribution is -0.119. The molecule has 2 N–H and O–H groups in total. The number of carbonyl (C=O) groups is 1. The summed E-state index contributed by atoms with van der Waals surface area (Å²) in [5, 5.41) is 31.7. The molecule has 3 heterocycles. The quantitative estimate of drug-likeness (QED) is 0.370. The van der Waals surface area contributed by atoms with Crippen LogP contribution in [0.25, 0.3) is 0 Å². The van der Waals surface area contributed by atoms with Crippen molar-refractivity contribution >= 4 is 40.0 Å². The lowest BCUT2D eigenvalue weighted by atomic mass is 9.89. The standard InChI is InChI=1S/C29H28FIN4O5/c1-39-21-4-2-18(3-5-21)15-35-26(37)9-6-22-24(8-7-23(30)27(22)35)40-17-29(38)10-11-34(16-25(29)36)28-19(13-32)12-20(31)14-33-28/h2-5,7-8,12,14,25,36,38H,6,9-11,15-17H2,1H3/t25-,29-/m0/s1. The summed E-state index contributed by atoms with van der Waals surface area (Å²) in [6.45, 7) is 0.377. The minimum atomic E-state index is -1.57. The van der Waals surface area contributed by atoms with Crippen molar-refractivity contribution in [3.8, 4) is 17.6 Å². The van der Waals surface area contributed by atoms with Gasteiger partial charge in [0.15, 0.2) is 0 Å². The first-order chi connectivity index (χ1) is 19.2. The number of aliphatic hydroxyl groups excluding tert-OH is 1. The lowest BCUT2D eigenvalue weighted by Gasteiger charge is -2.42. The molecule has 1 saturated heterocycles. The molecule has 5 rings (SSSR count). The SMILES string of the molecule is COc1ccc(CN2C(=O)CCc3c(OC[C@@]4(O)CCN(c5ncc(I)cc5C#N)C[C@@H]4O)ccc(F)c32)cc1. The summed E-state index contributed by atoms with van der Waals surface area (Å²) in [7, 11) is 1.57. The Bertz CT molecular complexity index is 1460. The van der Waals surface area contributed by atoms with Crippen molar-refractivity contribution in [3.05, 3.63) is 74.7 Å². The number of β-amino-alcohol motifs (C(OH)–C–C–N with tert-alkyl or cyclic N) is 1. The van der Waals surface area contributed by atoms with E-state index < -0.39 is 17.5 Å². The predicted molar refractivity (Wildman–Crippen MR) is 154 cm³/mol. The fourth-order valence-corrected chi connectivity index (χ4v) is 5.58. The van der Waals surface area contributed by atoms with E-state index in [1.54, 1.807) is 36.4 Å². The molecular formula is C29H28FIN4O5. The van der Waals surface area contributed by atoms with Crippen LogP contribution in [0.3, 0.4) is 0 Å². The number of halogens is 2. The molecule has 2 aromatic carbocycles. The summed E-state index contributed by atoms with van der Waals surface area (Å²) in [5.74, 6) is 0.773. The first kappa shape index (κ1) is 28.1. The van der Waals surface area contributed by atoms with Gasteiger partial charge in [0.1, 0.15) is 47.5 Å². The summed E-state index contributed by atoms with van der Waals surface area (Å²) in [6, 6.07) is 13.8. The molecule has 2 aliphatic rings. The Labute approximate surface area is 244 Å². The number of ether oxygens (including phenoxy) is 2. The zero-order valence-electron chi connectivity index (χ0n) is 21.8. The van der Waals surface area contributed by atoms with Crippen LogP contribution in [0.4, 0.5) is 15.9 Å². The summed E-state index contributed by atoms with van der Waals surface area (Å²) in [6.07, 6.45) is 1.11. The minimum Gasteiger partial charge on any atom is -0.497 e. The fraction of sp³-hybridized carbons (Fsp3) is 0.345. The fourth-order valence-electron chi connectivity index (χ4n) is 5.13. The first-order valence-corrected chi connectivity index (χ1v) is 13.9. The highest BCUT2D eigenvalue weighted by Gasteiger charge is 2.42. The topological polar surface area (TPSA) is 119 Å². The maximum atomic E-state index is 15.1. The van der Waals surface area contributed by atoms with Crippen molar-refractivity contribution in [1.82, 2.24) is 4.98 Å². The number of methoxy groups -OCH3 is 1. The molecule has 0 spiro atoms. The van der Waals surface area contributed by atoms with Crippen LogP contribution in [0, 0.1) is 20.7 Å². The van der Waals surface area contributed by atoms with Crippen molar-refractivity contribution in [2.45, 2.75) is 37.5 Å². The number of piperidine rings is 1. The Morgan fingerprint density at radius 2 is 2.02 bits per heavy atom. The van der Waals surface area contributed by atoms with E-state index in [2.05, 4.69) is 33.6 Å². The van der Waals surface area contributed by atoms with Gasteiger partial charge in [-0.2, -0.15) is 5.26 Å². The van der Waals surface area contributed by atoms with Crippen molar-refractivity contribution in [1.29, 1.82) is 5.26 Å². The van der Waals surface area contributed by atoms with Crippen LogP contribution in [0.1, 0.15) is 29.5 Å². The van der Waals surface area contributed by atoms with Gasteiger partial charge in [0.05, 0.1) is 24.9 Å². The number of benzene rings is 2. The summed E-state index contributed by atoms with van der Waals surface area (Å²) >= 11 is 2.08. The number of hydrogen-bond acceptors (Lipinski definition) is 8. The van der Waals surface area contributed by atoms with E-state index >= 15 is 4.39 Å². The number of hydrogen-bond donors (Lipinski definition) is 2. The second-order valence-electron chi connectivity index (χ2n) is 9.94. The highest BCUT2D eigenvalue weighted by atomic mass is 127. The number of rotatable bonds is 7. The van der Waals surface area contributed by atoms with E-state index in [1.807, 2.05) is 12.1 Å². The van der Waals surface area contributed by atoms with Gasteiger partial charge in [-0.15, -0.1) is 0 Å². The number of aliphatic hydroxyl groups is 2. The molecule has 11 heteroatoms. The Hall–Kier alpha value is -3.47. The molecule has 40 heavy (non-hydrogen) atoms. The molecule has 0 aliphatic carbocycles. The third kappa shape index (κ3) is 5.56. The van der Waals surface area contributed by atoms with E-state index in [0.717, 1.165) is 9.13 Å². The van der Waals surface area contributed by atoms with E-state index in [0.29, 0.717) is 41.4 Å². The maximum Gasteiger partial charge on any atom is 0.227 e. The van der Waals surface area contributed by atoms with Crippen LogP contribution in [-0.2, 0) is 17.8 Å². The second kappa shape index (κ2) is 11.6. The number of pyridine rings is 1. The Balaban J connectivity index is 1.32. The van der Waals surface area contributed by atoms with E-state index in [4.69, 9.17) is 9.47 Å². The number of aromatic nitrogens is 1. The predicted octanol–water partition coefficient (Wildman–Crippen LogP) is 3.57. The molecule has 2 atom stereocenters. The van der Waals surface area contributed by atoms with Crippen LogP contribution in [-0.4, -0.2) is 59.6 Å². The minimum absolute atomic E-state index is 0.0633. The molecule has 1 aromatic heterocycles. The molecule has 1 fully saturated rings. The van der Waals surface area contributed by atoms with Gasteiger partial charge >= 0.3 is 0 Å². The van der Waals surface area contributed by atoms with Gasteiger partial charge in [-0.1, -0.05) is 12.1 Å². The average molecular weight is 658 g/mol. The molecule has 2 aliphatic heterocycles. The Morgan fingerprint density at radius 3 is 2.73 bits per heavy atom. The third-order valence-corrected chi connectivity index (χ3v) is 8.00. The molecule has 0 bridgehead atoms. The van der Waals surface area contributed by atoms with E-state index in [1.165, 1.54) is 17.0 Å². The van der Waals surface area contributed by atoms with Crippen molar-refractivity contribution in [2.75, 3.05) is 36.6 Å². The Morgan fingerprint density at radius 1 is 1.25 bits per heavy atom. The molecule has 3 aromatic rings. The maximum absolute atomic E-state index is 15.1. The van der Waals surface area contributed by atoms with Crippen LogP contribution in [0.15, 0.2) is 48.7 Å². The molecule has 0 unspecified atom stereocenters. The monoisotopic (exact) mass is 658 g/mol. The van der Waals surface area contributed by atoms with Crippen LogP contribution >= 0.6 is 22.6 Å². The van der Waals surface area contributed by atoms with Gasteiger partial charge in [0, 0.05) is 34.8 Å². The number of carbonyl (C=O) groups excluding carboxylic acids is 1. The van der Waals surface area contributed by atoms with Crippen LogP contribution in [0.2, 0.25) is 0 Å². The highest BCUT2D eigenvalue weighted by molar-refractivity contribution is 14.1. The third-order valence-electron chi connectivity index (χ3n) is 7.41. The Kier molecular flexibility index (Phi) is 8.11. The number of nitriles is 1. The molecular weight excluding hydrogens is 630 g/mol. The number of amides is 1. The zero-order valence-corrected chi connectivity index (χ0v) is 24.0. The van der Waals surface area contributed by atoms with Gasteiger partial charge in [0.25, 0.3) is 0 Å². The molecule has 1 amide bonds. The molecule has 0 radical (unpaired) electrons. The molecule has 208 valence electrons. The van der Waals surface area contributed by atoms with Gasteiger partial charge in [-0.3, -0.25) is 4.79 Å². The van der Waals surface area contributed by atoms with Gasteiger partial charge in [-0.25, -0.2) is 9.37 Å². The number of fused-ring (bicyclic) bond motifs is 1. The summed E-state index contributed by atoms with van der Waals surface area (Å²) in [4.78, 5) is 20.4. The molecule has 0 saturated carbocycles. The highest BCUT2D eigenvalue weighted by Crippen LogP contribution is 2.39. The number of anilines is 2. The second-order valence-corrected chi connectivity index (χ2v) is 11.2. The van der Waals surface area contributed by atoms with Crippen LogP contribution in [0.5, 0.6) is 11.5 Å². The first-order valence-electron chi connectivity index (χ1n) is 12.8. The van der Waals surface area contributed by atoms with Gasteiger partial charge in [-0.05, 0) is 71.3 Å². The smallest absolute Gasteiger partial charge is 0.227 e. The summed E-state index contributed by atoms with van der Waals surface area (Å²) < 4.78 is 27.2. The normalized spacial score (nSPS) is 20.6. The van der Waals surface area contributed by atoms with Gasteiger partial charge in [0.2, 0.25) is 5.91 Å². The summed E-state index contributed by atoms with van der Waals surface area (Å²) in [5.41, 5.74) is 0.360.